The topological polar surface area (TPSA) is 66.4 Å². The van der Waals surface area contributed by atoms with Crippen LogP contribution in [0.3, 0.4) is 0 Å². The first-order chi connectivity index (χ1) is 8.29. The molecule has 1 aromatic carbocycles. The van der Waals surface area contributed by atoms with Gasteiger partial charge in [-0.25, -0.2) is 13.1 Å². The summed E-state index contributed by atoms with van der Waals surface area (Å²) in [5.41, 5.74) is 0. The molecule has 0 aliphatic rings. The number of rotatable bonds is 5. The number of nitrogens with one attached hydrogen (secondary N) is 1. The lowest BCUT2D eigenvalue weighted by atomic mass is 10.1. The highest BCUT2D eigenvalue weighted by molar-refractivity contribution is 7.89. The quantitative estimate of drug-likeness (QED) is 0.876. The molecular formula is C11H15Cl2NO3S. The molecule has 7 heteroatoms. The molecule has 0 saturated carbocycles. The van der Waals surface area contributed by atoms with Gasteiger partial charge in [0.2, 0.25) is 10.0 Å². The van der Waals surface area contributed by atoms with E-state index >= 15 is 0 Å². The van der Waals surface area contributed by atoms with Crippen LogP contribution in [-0.2, 0) is 10.0 Å². The van der Waals surface area contributed by atoms with Crippen LogP contribution in [0.25, 0.3) is 0 Å². The molecule has 0 fully saturated rings. The molecule has 0 saturated heterocycles. The summed E-state index contributed by atoms with van der Waals surface area (Å²) >= 11 is 11.7. The fourth-order valence-electron chi connectivity index (χ4n) is 1.27. The fourth-order valence-corrected chi connectivity index (χ4v) is 3.39. The summed E-state index contributed by atoms with van der Waals surface area (Å²) < 4.78 is 26.7. The predicted octanol–water partition coefficient (Wildman–Crippen LogP) is 2.29. The third kappa shape index (κ3) is 3.59. The first kappa shape index (κ1) is 15.7. The van der Waals surface area contributed by atoms with Gasteiger partial charge in [-0.1, -0.05) is 36.2 Å². The second kappa shape index (κ2) is 6.21. The van der Waals surface area contributed by atoms with Crippen LogP contribution in [0.4, 0.5) is 0 Å². The maximum atomic E-state index is 12.1. The first-order valence-electron chi connectivity index (χ1n) is 5.36. The van der Waals surface area contributed by atoms with E-state index in [2.05, 4.69) is 4.72 Å². The van der Waals surface area contributed by atoms with Crippen molar-refractivity contribution < 1.29 is 13.5 Å². The molecule has 0 aromatic heterocycles. The van der Waals surface area contributed by atoms with Crippen LogP contribution in [0.5, 0.6) is 0 Å². The monoisotopic (exact) mass is 311 g/mol. The summed E-state index contributed by atoms with van der Waals surface area (Å²) in [6.45, 7) is 3.32. The molecule has 2 unspecified atom stereocenters. The van der Waals surface area contributed by atoms with E-state index in [-0.39, 0.29) is 27.5 Å². The Morgan fingerprint density at radius 2 is 1.94 bits per heavy atom. The van der Waals surface area contributed by atoms with Gasteiger partial charge < -0.3 is 5.11 Å². The van der Waals surface area contributed by atoms with Crippen LogP contribution in [0, 0.1) is 5.92 Å². The van der Waals surface area contributed by atoms with Crippen molar-refractivity contribution in [2.75, 3.05) is 6.61 Å². The highest BCUT2D eigenvalue weighted by Gasteiger charge is 2.23. The van der Waals surface area contributed by atoms with Crippen LogP contribution in [-0.4, -0.2) is 26.2 Å². The van der Waals surface area contributed by atoms with Crippen LogP contribution >= 0.6 is 23.2 Å². The van der Waals surface area contributed by atoms with Crippen molar-refractivity contribution >= 4 is 33.2 Å². The second-order valence-corrected chi connectivity index (χ2v) is 6.59. The largest absolute Gasteiger partial charge is 0.396 e. The zero-order valence-corrected chi connectivity index (χ0v) is 12.4. The summed E-state index contributed by atoms with van der Waals surface area (Å²) in [4.78, 5) is -0.0614. The third-order valence-corrected chi connectivity index (χ3v) is 5.22. The van der Waals surface area contributed by atoms with E-state index in [4.69, 9.17) is 28.3 Å². The minimum Gasteiger partial charge on any atom is -0.396 e. The SMILES string of the molecule is CC(CO)C(C)NS(=O)(=O)c1cccc(Cl)c1Cl. The Bertz CT molecular complexity index is 519. The smallest absolute Gasteiger partial charge is 0.242 e. The van der Waals surface area contributed by atoms with Crippen molar-refractivity contribution in [1.29, 1.82) is 0 Å². The van der Waals surface area contributed by atoms with Crippen molar-refractivity contribution in [3.8, 4) is 0 Å². The molecule has 1 rings (SSSR count). The number of hydrogen-bond donors (Lipinski definition) is 2. The van der Waals surface area contributed by atoms with Gasteiger partial charge in [-0.15, -0.1) is 0 Å². The Labute approximate surface area is 117 Å². The van der Waals surface area contributed by atoms with Crippen molar-refractivity contribution in [2.45, 2.75) is 24.8 Å². The van der Waals surface area contributed by atoms with Crippen LogP contribution in [0.2, 0.25) is 10.0 Å². The Morgan fingerprint density at radius 3 is 2.50 bits per heavy atom. The lowest BCUT2D eigenvalue weighted by Gasteiger charge is -2.19. The molecule has 0 radical (unpaired) electrons. The molecular weight excluding hydrogens is 297 g/mol. The van der Waals surface area contributed by atoms with Gasteiger partial charge >= 0.3 is 0 Å². The summed E-state index contributed by atoms with van der Waals surface area (Å²) in [5.74, 6) is -0.197. The van der Waals surface area contributed by atoms with Gasteiger partial charge in [-0.2, -0.15) is 0 Å². The highest BCUT2D eigenvalue weighted by Crippen LogP contribution is 2.29. The number of hydrogen-bond acceptors (Lipinski definition) is 3. The van der Waals surface area contributed by atoms with Crippen LogP contribution < -0.4 is 4.72 Å². The van der Waals surface area contributed by atoms with Gasteiger partial charge in [0.25, 0.3) is 0 Å². The van der Waals surface area contributed by atoms with Gasteiger partial charge in [0.15, 0.2) is 0 Å². The Hall–Kier alpha value is -0.330. The van der Waals surface area contributed by atoms with Crippen molar-refractivity contribution in [3.63, 3.8) is 0 Å². The molecule has 1 aromatic rings. The number of sulfonamides is 1. The molecule has 0 amide bonds. The Kier molecular flexibility index (Phi) is 5.43. The maximum absolute atomic E-state index is 12.1. The minimum atomic E-state index is -3.75. The Morgan fingerprint density at radius 1 is 1.33 bits per heavy atom. The number of aliphatic hydroxyl groups is 1. The molecule has 0 heterocycles. The van der Waals surface area contributed by atoms with Crippen LogP contribution in [0.1, 0.15) is 13.8 Å². The standard InChI is InChI=1S/C11H15Cl2NO3S/c1-7(6-15)8(2)14-18(16,17)10-5-3-4-9(12)11(10)13/h3-5,7-8,14-15H,6H2,1-2H3. The lowest BCUT2D eigenvalue weighted by Crippen LogP contribution is -2.38. The molecule has 0 bridgehead atoms. The molecule has 102 valence electrons. The van der Waals surface area contributed by atoms with E-state index in [9.17, 15) is 8.42 Å². The van der Waals surface area contributed by atoms with Gasteiger partial charge in [0, 0.05) is 12.6 Å². The molecule has 4 nitrogen and oxygen atoms in total. The van der Waals surface area contributed by atoms with Gasteiger partial charge in [-0.05, 0) is 25.0 Å². The van der Waals surface area contributed by atoms with E-state index in [0.717, 1.165) is 0 Å². The minimum absolute atomic E-state index is 0.00415. The number of halogens is 2. The molecule has 0 aliphatic heterocycles. The normalized spacial score (nSPS) is 15.4. The number of aliphatic hydroxyl groups excluding tert-OH is 1. The molecule has 2 atom stereocenters. The third-order valence-electron chi connectivity index (χ3n) is 2.69. The zero-order chi connectivity index (χ0) is 13.9. The highest BCUT2D eigenvalue weighted by atomic mass is 35.5. The Balaban J connectivity index is 3.04. The summed E-state index contributed by atoms with van der Waals surface area (Å²) in [7, 11) is -3.75. The molecule has 2 N–H and O–H groups in total. The fraction of sp³-hybridized carbons (Fsp3) is 0.455. The van der Waals surface area contributed by atoms with E-state index in [0.29, 0.717) is 0 Å². The van der Waals surface area contributed by atoms with Crippen molar-refractivity contribution in [2.24, 2.45) is 5.92 Å². The molecule has 0 aliphatic carbocycles. The van der Waals surface area contributed by atoms with E-state index in [1.165, 1.54) is 18.2 Å². The van der Waals surface area contributed by atoms with Gasteiger partial charge in [0.05, 0.1) is 10.0 Å². The van der Waals surface area contributed by atoms with E-state index in [1.807, 2.05) is 0 Å². The molecule has 18 heavy (non-hydrogen) atoms. The average Bonchev–Trinajstić information content (AvgIpc) is 2.30. The van der Waals surface area contributed by atoms with Gasteiger partial charge in [-0.3, -0.25) is 0 Å². The summed E-state index contributed by atoms with van der Waals surface area (Å²) in [5, 5.41) is 9.17. The zero-order valence-electron chi connectivity index (χ0n) is 10.0. The average molecular weight is 312 g/mol. The predicted molar refractivity (Wildman–Crippen MR) is 72.5 cm³/mol. The first-order valence-corrected chi connectivity index (χ1v) is 7.60. The van der Waals surface area contributed by atoms with Gasteiger partial charge in [0.1, 0.15) is 4.90 Å². The van der Waals surface area contributed by atoms with Crippen molar-refractivity contribution in [1.82, 2.24) is 4.72 Å². The van der Waals surface area contributed by atoms with Crippen LogP contribution in [0.15, 0.2) is 23.1 Å². The van der Waals surface area contributed by atoms with E-state index in [1.54, 1.807) is 13.8 Å². The maximum Gasteiger partial charge on any atom is 0.242 e. The van der Waals surface area contributed by atoms with Crippen molar-refractivity contribution in [3.05, 3.63) is 28.2 Å². The summed E-state index contributed by atoms with van der Waals surface area (Å²) in [6.07, 6.45) is 0. The second-order valence-electron chi connectivity index (χ2n) is 4.12. The molecule has 0 spiro atoms. The van der Waals surface area contributed by atoms with E-state index < -0.39 is 16.1 Å². The number of benzene rings is 1. The lowest BCUT2D eigenvalue weighted by molar-refractivity contribution is 0.216. The summed E-state index contributed by atoms with van der Waals surface area (Å²) in [6, 6.07) is 4.01.